The Hall–Kier alpha value is 0.200. The Morgan fingerprint density at radius 1 is 1.45 bits per heavy atom. The van der Waals surface area contributed by atoms with Crippen LogP contribution in [0.25, 0.3) is 0 Å². The van der Waals surface area contributed by atoms with Crippen LogP contribution in [0.5, 0.6) is 0 Å². The standard InChI is InChI=1S/C6H11ClO3S/c7-4-3-6(1-2-6)5-11(8,9)10/h1-5H2,(H,8,9,10). The summed E-state index contributed by atoms with van der Waals surface area (Å²) in [4.78, 5) is 0. The molecule has 11 heavy (non-hydrogen) atoms. The van der Waals surface area contributed by atoms with Crippen LogP contribution >= 0.6 is 11.6 Å². The second kappa shape index (κ2) is 2.92. The number of rotatable bonds is 4. The van der Waals surface area contributed by atoms with Crippen LogP contribution in [0.1, 0.15) is 19.3 Å². The summed E-state index contributed by atoms with van der Waals surface area (Å²) in [7, 11) is -3.80. The van der Waals surface area contributed by atoms with E-state index >= 15 is 0 Å². The Labute approximate surface area is 71.5 Å². The van der Waals surface area contributed by atoms with Gasteiger partial charge < -0.3 is 0 Å². The van der Waals surface area contributed by atoms with Gasteiger partial charge in [0.2, 0.25) is 0 Å². The zero-order chi connectivity index (χ0) is 8.54. The molecule has 1 rings (SSSR count). The van der Waals surface area contributed by atoms with Crippen LogP contribution in [0.2, 0.25) is 0 Å². The van der Waals surface area contributed by atoms with Crippen molar-refractivity contribution in [1.29, 1.82) is 0 Å². The summed E-state index contributed by atoms with van der Waals surface area (Å²) in [6.07, 6.45) is 2.44. The molecule has 66 valence electrons. The van der Waals surface area contributed by atoms with Gasteiger partial charge in [-0.15, -0.1) is 11.6 Å². The van der Waals surface area contributed by atoms with Gasteiger partial charge in [-0.1, -0.05) is 0 Å². The molecule has 0 unspecified atom stereocenters. The van der Waals surface area contributed by atoms with Gasteiger partial charge in [-0.05, 0) is 24.7 Å². The summed E-state index contributed by atoms with van der Waals surface area (Å²) in [6.45, 7) is 0. The highest BCUT2D eigenvalue weighted by Gasteiger charge is 2.44. The smallest absolute Gasteiger partial charge is 0.265 e. The Balaban J connectivity index is 2.48. The molecule has 0 saturated heterocycles. The highest BCUT2D eigenvalue weighted by molar-refractivity contribution is 7.85. The molecule has 3 nitrogen and oxygen atoms in total. The number of hydrogen-bond donors (Lipinski definition) is 1. The lowest BCUT2D eigenvalue weighted by molar-refractivity contribution is 0.454. The predicted molar refractivity (Wildman–Crippen MR) is 43.4 cm³/mol. The summed E-state index contributed by atoms with van der Waals surface area (Å²) in [6, 6.07) is 0. The molecular weight excluding hydrogens is 188 g/mol. The number of alkyl halides is 1. The summed E-state index contributed by atoms with van der Waals surface area (Å²) in [5.74, 6) is 0.349. The SMILES string of the molecule is O=S(=O)(O)CC1(CCCl)CC1. The van der Waals surface area contributed by atoms with Gasteiger partial charge in [0.05, 0.1) is 5.75 Å². The molecule has 0 radical (unpaired) electrons. The maximum absolute atomic E-state index is 10.5. The molecule has 0 aliphatic heterocycles. The molecule has 0 amide bonds. The van der Waals surface area contributed by atoms with Gasteiger partial charge in [0.15, 0.2) is 0 Å². The van der Waals surface area contributed by atoms with E-state index in [1.54, 1.807) is 0 Å². The molecule has 0 heterocycles. The van der Waals surface area contributed by atoms with E-state index in [0.717, 1.165) is 12.8 Å². The third kappa shape index (κ3) is 2.97. The van der Waals surface area contributed by atoms with Gasteiger partial charge >= 0.3 is 0 Å². The zero-order valence-corrected chi connectivity index (χ0v) is 7.66. The number of halogens is 1. The van der Waals surface area contributed by atoms with E-state index in [2.05, 4.69) is 0 Å². The largest absolute Gasteiger partial charge is 0.286 e. The molecule has 0 aromatic rings. The van der Waals surface area contributed by atoms with Crippen LogP contribution in [-0.2, 0) is 10.1 Å². The predicted octanol–water partition coefficient (Wildman–Crippen LogP) is 1.28. The molecule has 0 spiro atoms. The van der Waals surface area contributed by atoms with Crippen LogP contribution in [0.3, 0.4) is 0 Å². The quantitative estimate of drug-likeness (QED) is 0.547. The van der Waals surface area contributed by atoms with Crippen LogP contribution in [0.15, 0.2) is 0 Å². The molecule has 1 aliphatic carbocycles. The fourth-order valence-corrected chi connectivity index (χ4v) is 2.84. The monoisotopic (exact) mass is 198 g/mol. The lowest BCUT2D eigenvalue weighted by atomic mass is 10.1. The Morgan fingerprint density at radius 2 is 2.00 bits per heavy atom. The Morgan fingerprint density at radius 3 is 2.27 bits per heavy atom. The topological polar surface area (TPSA) is 54.4 Å². The van der Waals surface area contributed by atoms with Gasteiger partial charge in [0.1, 0.15) is 0 Å². The van der Waals surface area contributed by atoms with Crippen molar-refractivity contribution in [2.45, 2.75) is 19.3 Å². The zero-order valence-electron chi connectivity index (χ0n) is 6.09. The van der Waals surface area contributed by atoms with Crippen molar-refractivity contribution in [3.8, 4) is 0 Å². The first-order valence-corrected chi connectivity index (χ1v) is 5.63. The van der Waals surface area contributed by atoms with E-state index in [9.17, 15) is 8.42 Å². The third-order valence-electron chi connectivity index (χ3n) is 2.07. The van der Waals surface area contributed by atoms with E-state index in [0.29, 0.717) is 12.3 Å². The normalized spacial score (nSPS) is 21.6. The summed E-state index contributed by atoms with van der Waals surface area (Å²) in [5, 5.41) is 0. The summed E-state index contributed by atoms with van der Waals surface area (Å²) >= 11 is 5.48. The highest BCUT2D eigenvalue weighted by Crippen LogP contribution is 2.49. The lowest BCUT2D eigenvalue weighted by Crippen LogP contribution is -2.16. The number of hydrogen-bond acceptors (Lipinski definition) is 2. The maximum Gasteiger partial charge on any atom is 0.265 e. The van der Waals surface area contributed by atoms with Crippen molar-refractivity contribution in [3.05, 3.63) is 0 Å². The van der Waals surface area contributed by atoms with E-state index in [1.165, 1.54) is 0 Å². The van der Waals surface area contributed by atoms with Gasteiger partial charge in [-0.2, -0.15) is 8.42 Å². The second-order valence-corrected chi connectivity index (χ2v) is 5.00. The highest BCUT2D eigenvalue weighted by atomic mass is 35.5. The first kappa shape index (κ1) is 9.29. The third-order valence-corrected chi connectivity index (χ3v) is 3.24. The van der Waals surface area contributed by atoms with Crippen molar-refractivity contribution in [3.63, 3.8) is 0 Å². The van der Waals surface area contributed by atoms with Crippen molar-refractivity contribution in [2.75, 3.05) is 11.6 Å². The molecule has 0 aromatic carbocycles. The van der Waals surface area contributed by atoms with Crippen LogP contribution in [-0.4, -0.2) is 24.6 Å². The molecule has 1 aliphatic rings. The molecule has 1 fully saturated rings. The van der Waals surface area contributed by atoms with Crippen LogP contribution < -0.4 is 0 Å². The average molecular weight is 199 g/mol. The first-order valence-electron chi connectivity index (χ1n) is 3.49. The molecule has 5 heteroatoms. The summed E-state index contributed by atoms with van der Waals surface area (Å²) in [5.41, 5.74) is -0.185. The average Bonchev–Trinajstić information content (AvgIpc) is 2.44. The van der Waals surface area contributed by atoms with E-state index in [1.807, 2.05) is 0 Å². The molecule has 1 saturated carbocycles. The molecule has 1 N–H and O–H groups in total. The Bertz CT molecular complexity index is 230. The fourth-order valence-electron chi connectivity index (χ4n) is 1.23. The van der Waals surface area contributed by atoms with Gasteiger partial charge in [-0.3, -0.25) is 4.55 Å². The van der Waals surface area contributed by atoms with E-state index in [-0.39, 0.29) is 11.2 Å². The van der Waals surface area contributed by atoms with Crippen molar-refractivity contribution >= 4 is 21.7 Å². The first-order chi connectivity index (χ1) is 4.97. The minimum atomic E-state index is -3.80. The maximum atomic E-state index is 10.5. The summed E-state index contributed by atoms with van der Waals surface area (Å²) < 4.78 is 29.5. The van der Waals surface area contributed by atoms with Crippen LogP contribution in [0.4, 0.5) is 0 Å². The van der Waals surface area contributed by atoms with Crippen LogP contribution in [0, 0.1) is 5.41 Å². The van der Waals surface area contributed by atoms with Crippen molar-refractivity contribution in [2.24, 2.45) is 5.41 Å². The second-order valence-electron chi connectivity index (χ2n) is 3.17. The minimum Gasteiger partial charge on any atom is -0.286 e. The van der Waals surface area contributed by atoms with E-state index in [4.69, 9.17) is 16.2 Å². The Kier molecular flexibility index (Phi) is 2.46. The van der Waals surface area contributed by atoms with Gasteiger partial charge in [-0.25, -0.2) is 0 Å². The van der Waals surface area contributed by atoms with Crippen molar-refractivity contribution < 1.29 is 13.0 Å². The van der Waals surface area contributed by atoms with Gasteiger partial charge in [0.25, 0.3) is 10.1 Å². The van der Waals surface area contributed by atoms with Crippen molar-refractivity contribution in [1.82, 2.24) is 0 Å². The lowest BCUT2D eigenvalue weighted by Gasteiger charge is -2.09. The molecule has 0 aromatic heterocycles. The minimum absolute atomic E-state index is 0.118. The van der Waals surface area contributed by atoms with E-state index < -0.39 is 10.1 Å². The van der Waals surface area contributed by atoms with Gasteiger partial charge in [0, 0.05) is 5.88 Å². The molecule has 0 bridgehead atoms. The molecular formula is C6H11ClO3S. The molecule has 0 atom stereocenters. The fraction of sp³-hybridized carbons (Fsp3) is 1.00.